The molecule has 5 nitrogen and oxygen atoms in total. The van der Waals surface area contributed by atoms with E-state index in [9.17, 15) is 0 Å². The van der Waals surface area contributed by atoms with Crippen LogP contribution in [0.15, 0.2) is 106 Å². The average molecular weight is 811 g/mol. The molecule has 1 radical (unpaired) electrons. The van der Waals surface area contributed by atoms with Crippen LogP contribution in [0.4, 0.5) is 0 Å². The van der Waals surface area contributed by atoms with Gasteiger partial charge in [0.2, 0.25) is 0 Å². The Morgan fingerprint density at radius 2 is 1.46 bits per heavy atom. The Hall–Kier alpha value is -4.64. The predicted molar refractivity (Wildman–Crippen MR) is 192 cm³/mol. The van der Waals surface area contributed by atoms with E-state index in [2.05, 4.69) is 80.8 Å². The van der Waals surface area contributed by atoms with Crippen LogP contribution in [-0.2, 0) is 30.9 Å². The van der Waals surface area contributed by atoms with Crippen LogP contribution in [0, 0.1) is 19.0 Å². The number of fused-ring (bicyclic) bond motifs is 6. The maximum Gasteiger partial charge on any atom is 0.136 e. The van der Waals surface area contributed by atoms with Crippen LogP contribution in [0.1, 0.15) is 62.5 Å². The van der Waals surface area contributed by atoms with Crippen LogP contribution >= 0.6 is 0 Å². The molecular formula is C42H37IrN3O2-2. The maximum atomic E-state index is 8.13. The van der Waals surface area contributed by atoms with Crippen molar-refractivity contribution in [3.8, 4) is 22.5 Å². The number of benzene rings is 4. The van der Waals surface area contributed by atoms with Gasteiger partial charge < -0.3 is 13.8 Å². The van der Waals surface area contributed by atoms with Crippen LogP contribution in [0.2, 0.25) is 0 Å². The SMILES string of the molecule is CC(C)(C)c1ccc(-c2[c-]cccc2)nc1.[2H]C([2H])([2H])c1c[c-]c(-c2cc(C(C)(C)C)ncn2)c2oc3cc4c(cc3c12)oc1ccccc14.[Ir]. The number of aryl methyl sites for hydroxylation is 1. The smallest absolute Gasteiger partial charge is 0.136 e. The summed E-state index contributed by atoms with van der Waals surface area (Å²) in [6.45, 7) is 10.5. The van der Waals surface area contributed by atoms with Crippen molar-refractivity contribution in [2.24, 2.45) is 0 Å². The Labute approximate surface area is 299 Å². The van der Waals surface area contributed by atoms with Gasteiger partial charge in [0.25, 0.3) is 0 Å². The zero-order valence-corrected chi connectivity index (χ0v) is 30.1. The average Bonchev–Trinajstić information content (AvgIpc) is 3.64. The molecule has 8 rings (SSSR count). The van der Waals surface area contributed by atoms with E-state index in [0.717, 1.165) is 33.3 Å². The number of aromatic nitrogens is 3. The number of para-hydroxylation sites is 1. The summed E-state index contributed by atoms with van der Waals surface area (Å²) in [5.41, 5.74) is 8.05. The minimum Gasteiger partial charge on any atom is -0.501 e. The molecule has 0 saturated carbocycles. The van der Waals surface area contributed by atoms with Crippen LogP contribution in [0.5, 0.6) is 0 Å². The summed E-state index contributed by atoms with van der Waals surface area (Å²) in [7, 11) is 0. The number of nitrogens with zero attached hydrogens (tertiary/aromatic N) is 3. The Bertz CT molecular complexity index is 2490. The number of rotatable bonds is 2. The van der Waals surface area contributed by atoms with E-state index in [4.69, 9.17) is 12.9 Å². The second kappa shape index (κ2) is 12.8. The van der Waals surface area contributed by atoms with Gasteiger partial charge in [-0.15, -0.1) is 53.6 Å². The van der Waals surface area contributed by atoms with Crippen molar-refractivity contribution in [3.05, 3.63) is 126 Å². The van der Waals surface area contributed by atoms with Crippen LogP contribution in [0.25, 0.3) is 66.4 Å². The first-order valence-corrected chi connectivity index (χ1v) is 15.7. The molecule has 4 heterocycles. The molecule has 0 unspecified atom stereocenters. The van der Waals surface area contributed by atoms with Crippen LogP contribution in [-0.4, -0.2) is 15.0 Å². The molecule has 0 aliphatic carbocycles. The zero-order chi connectivity index (χ0) is 35.4. The first-order chi connectivity index (χ1) is 23.7. The van der Waals surface area contributed by atoms with Crippen molar-refractivity contribution in [2.75, 3.05) is 0 Å². The molecule has 243 valence electrons. The molecule has 4 aromatic heterocycles. The summed E-state index contributed by atoms with van der Waals surface area (Å²) in [6, 6.07) is 33.5. The second-order valence-electron chi connectivity index (χ2n) is 13.8. The summed E-state index contributed by atoms with van der Waals surface area (Å²) in [4.78, 5) is 13.4. The Balaban J connectivity index is 0.000000222. The minimum atomic E-state index is -2.34. The van der Waals surface area contributed by atoms with E-state index in [1.165, 1.54) is 18.0 Å². The fraction of sp³-hybridized carbons (Fsp3) is 0.214. The molecule has 0 aliphatic rings. The molecular weight excluding hydrogens is 771 g/mol. The van der Waals surface area contributed by atoms with Gasteiger partial charge >= 0.3 is 0 Å². The Morgan fingerprint density at radius 3 is 2.17 bits per heavy atom. The van der Waals surface area contributed by atoms with Gasteiger partial charge in [-0.2, -0.15) is 0 Å². The Kier molecular flexibility index (Phi) is 7.84. The quantitative estimate of drug-likeness (QED) is 0.163. The molecule has 0 atom stereocenters. The largest absolute Gasteiger partial charge is 0.501 e. The standard InChI is InChI=1S/C27H21N2O2.C15H16N.Ir/c1-15-9-10-17(20-13-24(27(2,3)4)29-14-28-20)26-25(15)19-12-22-18(11-23(19)31-26)16-7-5-6-8-21(16)30-22;1-15(2,3)13-9-10-14(16-11-13)12-7-5-4-6-8-12;/h5-9,11-14H,1-4H3;4-7,9-11H,1-3H3;/q2*-1;/i1D3;;. The van der Waals surface area contributed by atoms with E-state index in [-0.39, 0.29) is 36.5 Å². The number of furan rings is 2. The molecule has 0 fully saturated rings. The third-order valence-corrected chi connectivity index (χ3v) is 8.35. The van der Waals surface area contributed by atoms with Crippen LogP contribution < -0.4 is 0 Å². The van der Waals surface area contributed by atoms with E-state index < -0.39 is 6.85 Å². The molecule has 48 heavy (non-hydrogen) atoms. The fourth-order valence-corrected chi connectivity index (χ4v) is 5.68. The van der Waals surface area contributed by atoms with Gasteiger partial charge in [-0.05, 0) is 40.6 Å². The fourth-order valence-electron chi connectivity index (χ4n) is 5.68. The van der Waals surface area contributed by atoms with Crippen molar-refractivity contribution in [2.45, 2.75) is 59.2 Å². The number of hydrogen-bond donors (Lipinski definition) is 0. The monoisotopic (exact) mass is 811 g/mol. The number of hydrogen-bond acceptors (Lipinski definition) is 5. The van der Waals surface area contributed by atoms with Crippen LogP contribution in [0.3, 0.4) is 0 Å². The summed E-state index contributed by atoms with van der Waals surface area (Å²) >= 11 is 0. The minimum absolute atomic E-state index is 0. The maximum absolute atomic E-state index is 8.13. The molecule has 0 bridgehead atoms. The van der Waals surface area contributed by atoms with Gasteiger partial charge in [0.05, 0.1) is 5.58 Å². The topological polar surface area (TPSA) is 65.0 Å². The second-order valence-corrected chi connectivity index (χ2v) is 13.8. The summed E-state index contributed by atoms with van der Waals surface area (Å²) in [5.74, 6) is 0. The van der Waals surface area contributed by atoms with E-state index >= 15 is 0 Å². The summed E-state index contributed by atoms with van der Waals surface area (Å²) < 4.78 is 36.8. The number of pyridine rings is 1. The molecule has 4 aromatic carbocycles. The molecule has 6 heteroatoms. The normalized spacial score (nSPS) is 13.1. The summed E-state index contributed by atoms with van der Waals surface area (Å²) in [5, 5.41) is 3.11. The zero-order valence-electron chi connectivity index (χ0n) is 30.7. The first-order valence-electron chi connectivity index (χ1n) is 17.2. The van der Waals surface area contributed by atoms with E-state index in [1.54, 1.807) is 0 Å². The molecule has 0 saturated heterocycles. The van der Waals surface area contributed by atoms with Gasteiger partial charge in [-0.25, -0.2) is 4.98 Å². The molecule has 0 aliphatic heterocycles. The van der Waals surface area contributed by atoms with Gasteiger partial charge in [0, 0.05) is 57.7 Å². The van der Waals surface area contributed by atoms with Crippen molar-refractivity contribution >= 4 is 43.9 Å². The van der Waals surface area contributed by atoms with Gasteiger partial charge in [-0.1, -0.05) is 95.7 Å². The predicted octanol–water partition coefficient (Wildman–Crippen LogP) is 11.2. The van der Waals surface area contributed by atoms with Crippen molar-refractivity contribution in [1.29, 1.82) is 0 Å². The molecule has 0 amide bonds. The third kappa shape index (κ3) is 6.31. The molecule has 8 aromatic rings. The Morgan fingerprint density at radius 1 is 0.688 bits per heavy atom. The van der Waals surface area contributed by atoms with Gasteiger partial charge in [0.1, 0.15) is 23.1 Å². The van der Waals surface area contributed by atoms with Gasteiger partial charge in [0.15, 0.2) is 0 Å². The summed E-state index contributed by atoms with van der Waals surface area (Å²) in [6.07, 6.45) is 3.48. The first kappa shape index (κ1) is 29.5. The molecule has 0 N–H and O–H groups in total. The van der Waals surface area contributed by atoms with Gasteiger partial charge in [-0.3, -0.25) is 4.98 Å². The van der Waals surface area contributed by atoms with Crippen molar-refractivity contribution in [1.82, 2.24) is 15.0 Å². The van der Waals surface area contributed by atoms with E-state index in [0.29, 0.717) is 38.8 Å². The molecule has 0 spiro atoms. The third-order valence-electron chi connectivity index (χ3n) is 8.35. The van der Waals surface area contributed by atoms with E-state index in [1.807, 2.05) is 72.9 Å². The van der Waals surface area contributed by atoms with Crippen molar-refractivity contribution < 1.29 is 33.1 Å². The van der Waals surface area contributed by atoms with Crippen molar-refractivity contribution in [3.63, 3.8) is 0 Å².